The molecule has 0 saturated carbocycles. The molecule has 0 spiro atoms. The van der Waals surface area contributed by atoms with Crippen LogP contribution in [0.4, 0.5) is 11.4 Å². The van der Waals surface area contributed by atoms with E-state index in [-0.39, 0.29) is 12.8 Å². The van der Waals surface area contributed by atoms with Gasteiger partial charge < -0.3 is 15.2 Å². The number of aliphatic imine (C=N–C) groups is 4. The van der Waals surface area contributed by atoms with E-state index in [0.717, 1.165) is 133 Å². The Labute approximate surface area is 712 Å². The zero-order chi connectivity index (χ0) is 84.8. The molecule has 5 aromatic carbocycles. The summed E-state index contributed by atoms with van der Waals surface area (Å²) >= 11 is 0. The van der Waals surface area contributed by atoms with Crippen LogP contribution in [-0.4, -0.2) is 111 Å². The van der Waals surface area contributed by atoms with Gasteiger partial charge in [-0.05, 0) is 247 Å². The molecule has 0 saturated heterocycles. The summed E-state index contributed by atoms with van der Waals surface area (Å²) in [5, 5.41) is 4.59. The molecule has 0 unspecified atom stereocenters. The number of hydrogen-bond donors (Lipinski definition) is 1. The summed E-state index contributed by atoms with van der Waals surface area (Å²) in [5.74, 6) is 1.16. The van der Waals surface area contributed by atoms with Crippen LogP contribution in [0.3, 0.4) is 0 Å². The van der Waals surface area contributed by atoms with Gasteiger partial charge in [-0.15, -0.1) is 0 Å². The number of hydrogen-bond acceptors (Lipinski definition) is 18. The molecular formula is C103H108N16O2. The average molecular weight is 1600 g/mol. The van der Waals surface area contributed by atoms with Crippen LogP contribution in [0.15, 0.2) is 312 Å². The lowest BCUT2D eigenvalue weighted by Crippen LogP contribution is -2.14. The molecule has 2 aliphatic heterocycles. The van der Waals surface area contributed by atoms with Gasteiger partial charge in [-0.3, -0.25) is 59.8 Å². The van der Waals surface area contributed by atoms with E-state index >= 15 is 0 Å². The van der Waals surface area contributed by atoms with E-state index in [0.29, 0.717) is 25.0 Å². The number of nitrogens with two attached hydrogens (primary N) is 1. The Bertz CT molecular complexity index is 5890. The molecular weight excluding hydrogens is 1490 g/mol. The van der Waals surface area contributed by atoms with E-state index in [9.17, 15) is 0 Å². The smallest absolute Gasteiger partial charge is 0.273 e. The van der Waals surface area contributed by atoms with E-state index < -0.39 is 0 Å². The summed E-state index contributed by atoms with van der Waals surface area (Å²) in [4.78, 5) is 66.0. The lowest BCUT2D eigenvalue weighted by atomic mass is 9.87. The molecule has 0 atom stereocenters. The van der Waals surface area contributed by atoms with E-state index in [2.05, 4.69) is 257 Å². The van der Waals surface area contributed by atoms with Crippen molar-refractivity contribution in [3.05, 3.63) is 343 Å². The van der Waals surface area contributed by atoms with E-state index in [4.69, 9.17) is 25.2 Å². The zero-order valence-corrected chi connectivity index (χ0v) is 71.1. The first kappa shape index (κ1) is 89.4. The Kier molecular flexibility index (Phi) is 32.9. The number of ether oxygens (including phenoxy) is 2. The number of benzene rings is 5. The van der Waals surface area contributed by atoms with Gasteiger partial charge >= 0.3 is 0 Å². The van der Waals surface area contributed by atoms with Crippen LogP contribution in [0.1, 0.15) is 105 Å². The lowest BCUT2D eigenvalue weighted by Gasteiger charge is -2.19. The fourth-order valence-corrected chi connectivity index (χ4v) is 13.1. The van der Waals surface area contributed by atoms with E-state index in [1.54, 1.807) is 37.2 Å². The molecule has 0 amide bonds. The van der Waals surface area contributed by atoms with Gasteiger partial charge in [0.2, 0.25) is 0 Å². The van der Waals surface area contributed by atoms with Crippen molar-refractivity contribution >= 4 is 78.2 Å². The van der Waals surface area contributed by atoms with Crippen molar-refractivity contribution in [1.29, 1.82) is 0 Å². The summed E-state index contributed by atoms with van der Waals surface area (Å²) in [6.07, 6.45) is 19.2. The van der Waals surface area contributed by atoms with Gasteiger partial charge in [-0.25, -0.2) is 15.0 Å². The summed E-state index contributed by atoms with van der Waals surface area (Å²) in [6.45, 7) is 33.3. The molecule has 0 aliphatic carbocycles. The maximum absolute atomic E-state index is 5.13. The molecule has 2 N–H and O–H groups in total. The molecule has 0 fully saturated rings. The van der Waals surface area contributed by atoms with Crippen LogP contribution < -0.4 is 5.73 Å². The Balaban J connectivity index is 0.000000149. The number of aryl methyl sites for hydroxylation is 8. The normalized spacial score (nSPS) is 12.0. The third-order valence-corrected chi connectivity index (χ3v) is 19.3. The summed E-state index contributed by atoms with van der Waals surface area (Å²) in [7, 11) is 0. The maximum atomic E-state index is 5.13. The number of fused-ring (bicyclic) bond motifs is 6. The molecule has 18 heteroatoms. The minimum atomic E-state index is 0. The second-order valence-electron chi connectivity index (χ2n) is 29.8. The van der Waals surface area contributed by atoms with Crippen molar-refractivity contribution in [2.75, 3.05) is 32.8 Å². The van der Waals surface area contributed by atoms with Crippen molar-refractivity contribution in [2.45, 2.75) is 116 Å². The second-order valence-corrected chi connectivity index (χ2v) is 29.8. The van der Waals surface area contributed by atoms with Crippen molar-refractivity contribution in [2.24, 2.45) is 25.7 Å². The van der Waals surface area contributed by atoms with Crippen LogP contribution >= 0.6 is 0 Å². The lowest BCUT2D eigenvalue weighted by molar-refractivity contribution is 0.320. The zero-order valence-electron chi connectivity index (χ0n) is 71.1. The predicted molar refractivity (Wildman–Crippen MR) is 503 cm³/mol. The molecule has 0 bridgehead atoms. The molecule has 11 aromatic heterocycles. The van der Waals surface area contributed by atoms with Gasteiger partial charge in [-0.1, -0.05) is 168 Å². The minimum Gasteiger partial charge on any atom is -0.472 e. The fourth-order valence-electron chi connectivity index (χ4n) is 13.1. The van der Waals surface area contributed by atoms with Crippen molar-refractivity contribution in [3.8, 4) is 56.7 Å². The van der Waals surface area contributed by atoms with Crippen molar-refractivity contribution < 1.29 is 9.47 Å². The Hall–Kier alpha value is -14.0. The highest BCUT2D eigenvalue weighted by molar-refractivity contribution is 6.41. The third kappa shape index (κ3) is 25.3. The largest absolute Gasteiger partial charge is 0.472 e. The number of pyridine rings is 11. The first-order valence-electron chi connectivity index (χ1n) is 40.3. The summed E-state index contributed by atoms with van der Waals surface area (Å²) < 4.78 is 10.3. The standard InChI is InChI=1S/C22H28N2.C19H14N2.C15H11N3.C15H18N2.C12H8N2.C10H8N2.C6H8N2O2.C3H9N.CH4/c1-13-9-15(3)21(16(4)10-13)23-19(7)20(8)24-22-17(5)11-14(2)12-18(22)6;1-13-9-11-20-18-15(13)7-8-17-16(10-12-21-19(17)18)14-5-3-2-4-6-14;1-3-10-16-12(6-1)14-8-5-9-15(18-14)13-7-2-4-11-17-13;1-11-5-7-16-13(9-11)14-10-12(6-8-17-14)15(2,3)4;1-3-9-5-6-10-4-2-8-14-12(10)11(9)13-7-1;1-3-7-11-9(5-1)10-6-2-4-8-12-10;1-3-9-5(7-1)6-8-2-4-10-6;1-2-3-4;/h9-12H,1-8H3;2-12H,1H3;1-11H;5-10H,1-4H3;1-8H;1-8H;1-4H2;2-4H2,1H3;1H4. The van der Waals surface area contributed by atoms with Crippen LogP contribution in [0.2, 0.25) is 0 Å². The van der Waals surface area contributed by atoms with Crippen molar-refractivity contribution in [1.82, 2.24) is 54.8 Å². The highest BCUT2D eigenvalue weighted by Crippen LogP contribution is 2.34. The van der Waals surface area contributed by atoms with Gasteiger partial charge in [0, 0.05) is 83.5 Å². The molecule has 2 aliphatic rings. The summed E-state index contributed by atoms with van der Waals surface area (Å²) in [6, 6.07) is 77.0. The Morgan fingerprint density at radius 2 is 0.744 bits per heavy atom. The van der Waals surface area contributed by atoms with E-state index in [1.165, 1.54) is 66.6 Å². The van der Waals surface area contributed by atoms with E-state index in [1.807, 2.05) is 160 Å². The van der Waals surface area contributed by atoms with Crippen LogP contribution in [0.25, 0.3) is 100 Å². The van der Waals surface area contributed by atoms with Crippen molar-refractivity contribution in [3.63, 3.8) is 0 Å². The topological polar surface area (TPSA) is 236 Å². The molecule has 612 valence electrons. The average Bonchev–Trinajstić information content (AvgIpc) is 1.23. The Morgan fingerprint density at radius 3 is 1.17 bits per heavy atom. The quantitative estimate of drug-likeness (QED) is 0.0990. The van der Waals surface area contributed by atoms with Gasteiger partial charge in [-0.2, -0.15) is 0 Å². The predicted octanol–water partition coefficient (Wildman–Crippen LogP) is 23.9. The summed E-state index contributed by atoms with van der Waals surface area (Å²) in [5.41, 5.74) is 33.8. The molecule has 18 nitrogen and oxygen atoms in total. The minimum absolute atomic E-state index is 0. The first-order valence-corrected chi connectivity index (χ1v) is 40.3. The van der Waals surface area contributed by atoms with Gasteiger partial charge in [0.25, 0.3) is 11.8 Å². The van der Waals surface area contributed by atoms with Crippen LogP contribution in [0.5, 0.6) is 0 Å². The van der Waals surface area contributed by atoms with Crippen LogP contribution in [0, 0.1) is 55.4 Å². The first-order chi connectivity index (χ1) is 58.2. The molecule has 16 aromatic rings. The maximum Gasteiger partial charge on any atom is 0.273 e. The fraction of sp³-hybridized carbons (Fsp3) is 0.214. The third-order valence-electron chi connectivity index (χ3n) is 19.3. The highest BCUT2D eigenvalue weighted by Gasteiger charge is 2.20. The second kappa shape index (κ2) is 44.6. The monoisotopic (exact) mass is 1600 g/mol. The number of rotatable bonds is 10. The number of nitrogens with zero attached hydrogens (tertiary/aromatic N) is 15. The molecule has 121 heavy (non-hydrogen) atoms. The molecule has 18 rings (SSSR count). The van der Waals surface area contributed by atoms with Gasteiger partial charge in [0.1, 0.15) is 13.2 Å². The SMILES string of the molecule is C.C1COC(C2=NCCO2)=N1.CC(=Nc1c(C)cc(C)cc1C)C(C)=Nc1c(C)cc(C)cc1C.CCCN.Cc1ccnc(-c2cc(C(C)(C)C)ccn2)c1.Cc1ccnc2c1ccc1c(-c3ccccc3)ccnc12.c1ccc(-c2cccc(-c3ccccn3)n2)nc1.c1ccc(-c2ccccn2)nc1.c1cnc2c(c1)ccc1cccnc12. The highest BCUT2D eigenvalue weighted by atomic mass is 16.5. The van der Waals surface area contributed by atoms with Gasteiger partial charge in [0.15, 0.2) is 0 Å². The number of aromatic nitrogens is 11. The molecule has 0 radical (unpaired) electrons. The van der Waals surface area contributed by atoms with Gasteiger partial charge in [0.05, 0.1) is 104 Å². The van der Waals surface area contributed by atoms with Crippen LogP contribution in [-0.2, 0) is 14.9 Å². The Morgan fingerprint density at radius 1 is 0.355 bits per heavy atom. The molecule has 13 heterocycles.